The fourth-order valence-corrected chi connectivity index (χ4v) is 1.06. The molecule has 0 aliphatic rings. The van der Waals surface area contributed by atoms with Crippen LogP contribution >= 0.6 is 11.6 Å². The van der Waals surface area contributed by atoms with Gasteiger partial charge in [0.2, 0.25) is 5.91 Å². The average Bonchev–Trinajstić information content (AvgIpc) is 2.08. The number of pyridine rings is 1. The molecule has 1 aromatic rings. The van der Waals surface area contributed by atoms with E-state index in [2.05, 4.69) is 4.98 Å². The molecule has 0 unspecified atom stereocenters. The minimum absolute atomic E-state index is 0.0231. The van der Waals surface area contributed by atoms with Crippen LogP contribution in [0, 0.1) is 0 Å². The monoisotopic (exact) mass is 198 g/mol. The molecule has 0 radical (unpaired) electrons. The number of likely N-dealkylation sites (N-methyl/N-ethyl adjacent to an activating group) is 1. The average molecular weight is 199 g/mol. The molecule has 4 heteroatoms. The van der Waals surface area contributed by atoms with Crippen molar-refractivity contribution in [3.63, 3.8) is 0 Å². The molecule has 0 aliphatic carbocycles. The van der Waals surface area contributed by atoms with Gasteiger partial charge in [-0.3, -0.25) is 4.79 Å². The Kier molecular flexibility index (Phi) is 3.25. The number of carbonyl (C=O) groups excluding carboxylic acids is 1. The first-order valence-corrected chi connectivity index (χ1v) is 4.28. The van der Waals surface area contributed by atoms with E-state index >= 15 is 0 Å². The maximum Gasteiger partial charge on any atom is 0.226 e. The molecule has 70 valence electrons. The first-order chi connectivity index (χ1) is 6.11. The van der Waals surface area contributed by atoms with Crippen LogP contribution < -0.4 is 0 Å². The van der Waals surface area contributed by atoms with Gasteiger partial charge in [0, 0.05) is 20.3 Å². The summed E-state index contributed by atoms with van der Waals surface area (Å²) in [6.07, 6.45) is 1.91. The van der Waals surface area contributed by atoms with Crippen molar-refractivity contribution >= 4 is 17.5 Å². The molecule has 0 fully saturated rings. The SMILES string of the molecule is CN(C)C(=O)Cc1cccnc1Cl. The second-order valence-electron chi connectivity index (χ2n) is 2.92. The lowest BCUT2D eigenvalue weighted by Gasteiger charge is -2.10. The van der Waals surface area contributed by atoms with Gasteiger partial charge in [0.25, 0.3) is 0 Å². The van der Waals surface area contributed by atoms with Crippen molar-refractivity contribution in [2.75, 3.05) is 14.1 Å². The van der Waals surface area contributed by atoms with E-state index in [-0.39, 0.29) is 5.91 Å². The van der Waals surface area contributed by atoms with Gasteiger partial charge in [0.15, 0.2) is 0 Å². The number of carbonyl (C=O) groups is 1. The molecule has 13 heavy (non-hydrogen) atoms. The predicted molar refractivity (Wildman–Crippen MR) is 51.6 cm³/mol. The zero-order valence-corrected chi connectivity index (χ0v) is 8.38. The van der Waals surface area contributed by atoms with Crippen LogP contribution in [0.3, 0.4) is 0 Å². The molecule has 0 spiro atoms. The van der Waals surface area contributed by atoms with E-state index in [0.29, 0.717) is 11.6 Å². The maximum absolute atomic E-state index is 11.3. The lowest BCUT2D eigenvalue weighted by molar-refractivity contribution is -0.127. The summed E-state index contributed by atoms with van der Waals surface area (Å²) in [5.74, 6) is 0.0231. The molecule has 1 rings (SSSR count). The minimum Gasteiger partial charge on any atom is -0.349 e. The van der Waals surface area contributed by atoms with Crippen LogP contribution in [-0.4, -0.2) is 29.9 Å². The van der Waals surface area contributed by atoms with Crippen molar-refractivity contribution in [2.24, 2.45) is 0 Å². The summed E-state index contributed by atoms with van der Waals surface area (Å²) in [7, 11) is 3.43. The number of aromatic nitrogens is 1. The third kappa shape index (κ3) is 2.70. The Labute approximate surface area is 82.3 Å². The smallest absolute Gasteiger partial charge is 0.226 e. The normalized spacial score (nSPS) is 9.77. The van der Waals surface area contributed by atoms with Crippen molar-refractivity contribution in [2.45, 2.75) is 6.42 Å². The Morgan fingerprint density at radius 3 is 2.85 bits per heavy atom. The lowest BCUT2D eigenvalue weighted by atomic mass is 10.2. The number of hydrogen-bond acceptors (Lipinski definition) is 2. The van der Waals surface area contributed by atoms with E-state index in [4.69, 9.17) is 11.6 Å². The molecule has 0 N–H and O–H groups in total. The van der Waals surface area contributed by atoms with Gasteiger partial charge in [-0.05, 0) is 11.6 Å². The van der Waals surface area contributed by atoms with E-state index in [9.17, 15) is 4.79 Å². The van der Waals surface area contributed by atoms with Crippen molar-refractivity contribution in [3.8, 4) is 0 Å². The highest BCUT2D eigenvalue weighted by Crippen LogP contribution is 2.12. The van der Waals surface area contributed by atoms with Gasteiger partial charge >= 0.3 is 0 Å². The van der Waals surface area contributed by atoms with Gasteiger partial charge in [-0.25, -0.2) is 4.98 Å². The van der Waals surface area contributed by atoms with Crippen LogP contribution in [-0.2, 0) is 11.2 Å². The quantitative estimate of drug-likeness (QED) is 0.673. The summed E-state index contributed by atoms with van der Waals surface area (Å²) in [6.45, 7) is 0. The van der Waals surface area contributed by atoms with Crippen LogP contribution in [0.2, 0.25) is 5.15 Å². The van der Waals surface area contributed by atoms with E-state index in [1.807, 2.05) is 0 Å². The standard InChI is InChI=1S/C9H11ClN2O/c1-12(2)8(13)6-7-4-3-5-11-9(7)10/h3-5H,6H2,1-2H3. The van der Waals surface area contributed by atoms with Gasteiger partial charge < -0.3 is 4.90 Å². The topological polar surface area (TPSA) is 33.2 Å². The Hall–Kier alpha value is -1.09. The molecule has 3 nitrogen and oxygen atoms in total. The minimum atomic E-state index is 0.0231. The van der Waals surface area contributed by atoms with Crippen molar-refractivity contribution in [1.29, 1.82) is 0 Å². The molecule has 1 aromatic heterocycles. The van der Waals surface area contributed by atoms with Gasteiger partial charge in [0.1, 0.15) is 5.15 Å². The Bertz CT molecular complexity index is 312. The largest absolute Gasteiger partial charge is 0.349 e. The lowest BCUT2D eigenvalue weighted by Crippen LogP contribution is -2.23. The van der Waals surface area contributed by atoms with Crippen LogP contribution in [0.4, 0.5) is 0 Å². The first kappa shape index (κ1) is 9.99. The van der Waals surface area contributed by atoms with Crippen LogP contribution in [0.5, 0.6) is 0 Å². The predicted octanol–water partition coefficient (Wildman–Crippen LogP) is 1.37. The van der Waals surface area contributed by atoms with Gasteiger partial charge in [0.05, 0.1) is 6.42 Å². The molecule has 0 saturated carbocycles. The molecule has 1 amide bonds. The zero-order chi connectivity index (χ0) is 9.84. The number of nitrogens with zero attached hydrogens (tertiary/aromatic N) is 2. The van der Waals surface area contributed by atoms with Crippen molar-refractivity contribution in [3.05, 3.63) is 29.0 Å². The van der Waals surface area contributed by atoms with E-state index < -0.39 is 0 Å². The van der Waals surface area contributed by atoms with E-state index in [0.717, 1.165) is 5.56 Å². The summed E-state index contributed by atoms with van der Waals surface area (Å²) in [4.78, 5) is 16.7. The Morgan fingerprint density at radius 1 is 1.62 bits per heavy atom. The molecule has 0 saturated heterocycles. The molecular formula is C9H11ClN2O. The van der Waals surface area contributed by atoms with E-state index in [1.165, 1.54) is 4.90 Å². The summed E-state index contributed by atoms with van der Waals surface area (Å²) in [6, 6.07) is 3.57. The molecule has 0 atom stereocenters. The summed E-state index contributed by atoms with van der Waals surface area (Å²) in [5.41, 5.74) is 0.767. The molecule has 0 bridgehead atoms. The second kappa shape index (κ2) is 4.23. The third-order valence-electron chi connectivity index (χ3n) is 1.68. The van der Waals surface area contributed by atoms with Crippen molar-refractivity contribution < 1.29 is 4.79 Å². The molecular weight excluding hydrogens is 188 g/mol. The molecule has 1 heterocycles. The molecule has 0 aromatic carbocycles. The fraction of sp³-hybridized carbons (Fsp3) is 0.333. The van der Waals surface area contributed by atoms with Crippen LogP contribution in [0.25, 0.3) is 0 Å². The highest BCUT2D eigenvalue weighted by molar-refractivity contribution is 6.30. The maximum atomic E-state index is 11.3. The third-order valence-corrected chi connectivity index (χ3v) is 2.02. The van der Waals surface area contributed by atoms with E-state index in [1.54, 1.807) is 32.4 Å². The Morgan fingerprint density at radius 2 is 2.31 bits per heavy atom. The Balaban J connectivity index is 2.75. The van der Waals surface area contributed by atoms with Gasteiger partial charge in [-0.1, -0.05) is 17.7 Å². The summed E-state index contributed by atoms with van der Waals surface area (Å²) >= 11 is 5.79. The molecule has 0 aliphatic heterocycles. The highest BCUT2D eigenvalue weighted by Gasteiger charge is 2.08. The fourth-order valence-electron chi connectivity index (χ4n) is 0.872. The van der Waals surface area contributed by atoms with Gasteiger partial charge in [-0.15, -0.1) is 0 Å². The number of hydrogen-bond donors (Lipinski definition) is 0. The van der Waals surface area contributed by atoms with Crippen LogP contribution in [0.1, 0.15) is 5.56 Å². The van der Waals surface area contributed by atoms with Crippen molar-refractivity contribution in [1.82, 2.24) is 9.88 Å². The highest BCUT2D eigenvalue weighted by atomic mass is 35.5. The zero-order valence-electron chi connectivity index (χ0n) is 7.62. The number of rotatable bonds is 2. The number of halogens is 1. The summed E-state index contributed by atoms with van der Waals surface area (Å²) < 4.78 is 0. The van der Waals surface area contributed by atoms with Gasteiger partial charge in [-0.2, -0.15) is 0 Å². The second-order valence-corrected chi connectivity index (χ2v) is 3.28. The summed E-state index contributed by atoms with van der Waals surface area (Å²) in [5, 5.41) is 0.401. The first-order valence-electron chi connectivity index (χ1n) is 3.91. The van der Waals surface area contributed by atoms with Crippen LogP contribution in [0.15, 0.2) is 18.3 Å². The number of amides is 1.